The smallest absolute Gasteiger partial charge is 0.305 e. The van der Waals surface area contributed by atoms with Crippen LogP contribution in [0.15, 0.2) is 29.2 Å². The van der Waals surface area contributed by atoms with Gasteiger partial charge in [0, 0.05) is 6.42 Å². The van der Waals surface area contributed by atoms with E-state index in [9.17, 15) is 17.8 Å². The second-order valence-corrected chi connectivity index (χ2v) is 15.4. The highest BCUT2D eigenvalue weighted by molar-refractivity contribution is 7.85. The van der Waals surface area contributed by atoms with E-state index in [0.29, 0.717) is 19.6 Å². The second kappa shape index (κ2) is 25.5. The quantitative estimate of drug-likeness (QED) is 0.0444. The summed E-state index contributed by atoms with van der Waals surface area (Å²) in [6.45, 7) is 6.12. The molecule has 2 atom stereocenters. The standard InChI is InChI=1S/C30H60NO4.C7H8O3S/c1-5-6-7-8-9-10-11-12-13-14-15-16-17-18-21-24-30-34-27-28(35-30)26-33-29(32)23-20-19-22-25-31(2,3)4;1-6-2-4-7(5-3-6)11(8,9)10/h28,30H,5-27H2,1-4H3;2-5H,1H3,(H,8,9,10)/q+1;/p-1. The Bertz CT molecular complexity index is 992. The summed E-state index contributed by atoms with van der Waals surface area (Å²) in [5, 5.41) is 0. The Hall–Kier alpha value is -1.52. The van der Waals surface area contributed by atoms with E-state index in [2.05, 4.69) is 28.1 Å². The Morgan fingerprint density at radius 2 is 1.30 bits per heavy atom. The number of nitrogens with zero attached hydrogens (tertiary/aromatic N) is 1. The summed E-state index contributed by atoms with van der Waals surface area (Å²) in [4.78, 5) is 11.8. The van der Waals surface area contributed by atoms with Crippen molar-refractivity contribution in [2.45, 2.75) is 160 Å². The fourth-order valence-corrected chi connectivity index (χ4v) is 5.89. The van der Waals surface area contributed by atoms with Crippen LogP contribution < -0.4 is 0 Å². The molecule has 1 heterocycles. The average Bonchev–Trinajstić information content (AvgIpc) is 3.45. The number of rotatable bonds is 25. The van der Waals surface area contributed by atoms with Crippen molar-refractivity contribution in [3.8, 4) is 0 Å². The monoisotopic (exact) mass is 669 g/mol. The molecule has 0 aliphatic carbocycles. The molecule has 2 unspecified atom stereocenters. The molecule has 2 rings (SSSR count). The van der Waals surface area contributed by atoms with E-state index in [1.54, 1.807) is 12.1 Å². The van der Waals surface area contributed by atoms with Gasteiger partial charge in [-0.2, -0.15) is 0 Å². The number of benzene rings is 1. The molecule has 1 aromatic carbocycles. The van der Waals surface area contributed by atoms with Crippen LogP contribution in [0.1, 0.15) is 141 Å². The van der Waals surface area contributed by atoms with Crippen LogP contribution in [0, 0.1) is 6.92 Å². The number of hydrogen-bond donors (Lipinski definition) is 0. The highest BCUT2D eigenvalue weighted by Crippen LogP contribution is 2.19. The van der Waals surface area contributed by atoms with Gasteiger partial charge in [-0.3, -0.25) is 4.79 Å². The van der Waals surface area contributed by atoms with Crippen LogP contribution in [0.25, 0.3) is 0 Å². The lowest BCUT2D eigenvalue weighted by atomic mass is 10.0. The molecule has 1 aromatic rings. The predicted octanol–water partition coefficient (Wildman–Crippen LogP) is 8.70. The fraction of sp³-hybridized carbons (Fsp3) is 0.811. The molecule has 0 bridgehead atoms. The van der Waals surface area contributed by atoms with E-state index in [4.69, 9.17) is 14.2 Å². The highest BCUT2D eigenvalue weighted by Gasteiger charge is 2.26. The number of unbranched alkanes of at least 4 members (excludes halogenated alkanes) is 16. The van der Waals surface area contributed by atoms with E-state index >= 15 is 0 Å². The van der Waals surface area contributed by atoms with Crippen molar-refractivity contribution in [2.24, 2.45) is 0 Å². The molecule has 46 heavy (non-hydrogen) atoms. The third-order valence-corrected chi connectivity index (χ3v) is 9.15. The highest BCUT2D eigenvalue weighted by atomic mass is 32.2. The number of carbonyl (C=O) groups excluding carboxylic acids is 1. The Morgan fingerprint density at radius 1 is 0.804 bits per heavy atom. The molecule has 0 radical (unpaired) electrons. The minimum Gasteiger partial charge on any atom is -0.744 e. The van der Waals surface area contributed by atoms with Gasteiger partial charge in [0.05, 0.1) is 39.2 Å². The molecule has 1 aliphatic heterocycles. The first-order valence-electron chi connectivity index (χ1n) is 18.2. The van der Waals surface area contributed by atoms with Crippen LogP contribution in [0.4, 0.5) is 0 Å². The van der Waals surface area contributed by atoms with Gasteiger partial charge in [-0.05, 0) is 51.2 Å². The van der Waals surface area contributed by atoms with Crippen molar-refractivity contribution in [3.63, 3.8) is 0 Å². The minimum atomic E-state index is -4.27. The van der Waals surface area contributed by atoms with Crippen molar-refractivity contribution in [3.05, 3.63) is 29.8 Å². The number of carbonyl (C=O) groups is 1. The first-order valence-corrected chi connectivity index (χ1v) is 19.6. The Kier molecular flexibility index (Phi) is 23.6. The predicted molar refractivity (Wildman–Crippen MR) is 186 cm³/mol. The molecule has 0 saturated carbocycles. The zero-order valence-electron chi connectivity index (χ0n) is 29.9. The lowest BCUT2D eigenvalue weighted by molar-refractivity contribution is -0.870. The third-order valence-electron chi connectivity index (χ3n) is 8.31. The third kappa shape index (κ3) is 24.6. The van der Waals surface area contributed by atoms with Crippen LogP contribution in [-0.4, -0.2) is 76.7 Å². The van der Waals surface area contributed by atoms with E-state index in [1.165, 1.54) is 102 Å². The van der Waals surface area contributed by atoms with Gasteiger partial charge in [-0.25, -0.2) is 8.42 Å². The molecule has 1 aliphatic rings. The maximum Gasteiger partial charge on any atom is 0.305 e. The first kappa shape index (κ1) is 42.5. The molecular weight excluding hydrogens is 602 g/mol. The van der Waals surface area contributed by atoms with Gasteiger partial charge in [0.15, 0.2) is 6.29 Å². The largest absolute Gasteiger partial charge is 0.744 e. The van der Waals surface area contributed by atoms with E-state index in [0.717, 1.165) is 48.7 Å². The summed E-state index contributed by atoms with van der Waals surface area (Å²) in [7, 11) is 2.33. The minimum absolute atomic E-state index is 0.0986. The summed E-state index contributed by atoms with van der Waals surface area (Å²) in [6, 6.07) is 5.78. The van der Waals surface area contributed by atoms with Crippen molar-refractivity contribution in [1.29, 1.82) is 0 Å². The van der Waals surface area contributed by atoms with Gasteiger partial charge in [0.2, 0.25) is 0 Å². The number of quaternary nitrogens is 1. The summed E-state index contributed by atoms with van der Waals surface area (Å²) in [5.41, 5.74) is 0.928. The second-order valence-electron chi connectivity index (χ2n) is 14.0. The van der Waals surface area contributed by atoms with E-state index in [1.807, 2.05) is 6.92 Å². The molecule has 9 heteroatoms. The molecule has 268 valence electrons. The summed E-state index contributed by atoms with van der Waals surface area (Å²) in [6.07, 6.45) is 25.1. The van der Waals surface area contributed by atoms with Crippen molar-refractivity contribution < 1.29 is 36.5 Å². The maximum atomic E-state index is 11.9. The van der Waals surface area contributed by atoms with Crippen LogP contribution in [0.5, 0.6) is 0 Å². The summed E-state index contributed by atoms with van der Waals surface area (Å²) < 4.78 is 49.2. The molecule has 1 saturated heterocycles. The Balaban J connectivity index is 0.000000804. The van der Waals surface area contributed by atoms with Gasteiger partial charge in [-0.15, -0.1) is 0 Å². The lowest BCUT2D eigenvalue weighted by Crippen LogP contribution is -2.35. The van der Waals surface area contributed by atoms with Crippen LogP contribution in [-0.2, 0) is 29.1 Å². The molecule has 0 spiro atoms. The average molecular weight is 670 g/mol. The molecule has 8 nitrogen and oxygen atoms in total. The SMILES string of the molecule is CCCCCCCCCCCCCCCCCC1OCC(COC(=O)CCCCC[N+](C)(C)C)O1.Cc1ccc(S(=O)(=O)[O-])cc1. The molecule has 0 amide bonds. The van der Waals surface area contributed by atoms with Crippen molar-refractivity contribution in [1.82, 2.24) is 0 Å². The normalized spacial score (nSPS) is 16.7. The van der Waals surface area contributed by atoms with Gasteiger partial charge in [0.25, 0.3) is 0 Å². The summed E-state index contributed by atoms with van der Waals surface area (Å²) >= 11 is 0. The van der Waals surface area contributed by atoms with Gasteiger partial charge in [-0.1, -0.05) is 115 Å². The number of esters is 1. The van der Waals surface area contributed by atoms with E-state index < -0.39 is 10.1 Å². The molecule has 1 fully saturated rings. The van der Waals surface area contributed by atoms with Crippen LogP contribution in [0.3, 0.4) is 0 Å². The molecule has 0 N–H and O–H groups in total. The van der Waals surface area contributed by atoms with Crippen molar-refractivity contribution in [2.75, 3.05) is 40.9 Å². The Morgan fingerprint density at radius 3 is 1.80 bits per heavy atom. The van der Waals surface area contributed by atoms with Gasteiger partial charge >= 0.3 is 5.97 Å². The first-order chi connectivity index (χ1) is 21.9. The van der Waals surface area contributed by atoms with Gasteiger partial charge < -0.3 is 23.2 Å². The summed E-state index contributed by atoms with van der Waals surface area (Å²) in [5.74, 6) is -0.107. The lowest BCUT2D eigenvalue weighted by Gasteiger charge is -2.23. The zero-order chi connectivity index (χ0) is 34.1. The molecule has 0 aromatic heterocycles. The van der Waals surface area contributed by atoms with E-state index in [-0.39, 0.29) is 23.3 Å². The number of aryl methyl sites for hydroxylation is 1. The molecular formula is C37H67NO7S. The topological polar surface area (TPSA) is 102 Å². The van der Waals surface area contributed by atoms with Crippen molar-refractivity contribution >= 4 is 16.1 Å². The fourth-order valence-electron chi connectivity index (χ4n) is 5.42. The zero-order valence-corrected chi connectivity index (χ0v) is 30.8. The van der Waals surface area contributed by atoms with Gasteiger partial charge in [0.1, 0.15) is 22.8 Å². The Labute approximate surface area is 282 Å². The van der Waals surface area contributed by atoms with Crippen LogP contribution in [0.2, 0.25) is 0 Å². The number of ether oxygens (including phenoxy) is 3. The number of hydrogen-bond acceptors (Lipinski definition) is 7. The maximum absolute atomic E-state index is 11.9. The van der Waals surface area contributed by atoms with Crippen LogP contribution >= 0.6 is 0 Å².